The van der Waals surface area contributed by atoms with Gasteiger partial charge in [-0.3, -0.25) is 4.79 Å². The molecule has 0 radical (unpaired) electrons. The molecular weight excluding hydrogens is 306 g/mol. The highest BCUT2D eigenvalue weighted by atomic mass is 16.5. The largest absolute Gasteiger partial charge is 0.493 e. The summed E-state index contributed by atoms with van der Waals surface area (Å²) in [6, 6.07) is 10.9. The number of fused-ring (bicyclic) bond motifs is 1. The summed E-state index contributed by atoms with van der Waals surface area (Å²) < 4.78 is 10.6. The van der Waals surface area contributed by atoms with Gasteiger partial charge in [-0.25, -0.2) is 9.97 Å². The maximum Gasteiger partial charge on any atom is 0.162 e. The van der Waals surface area contributed by atoms with Crippen LogP contribution >= 0.6 is 0 Å². The van der Waals surface area contributed by atoms with Crippen molar-refractivity contribution in [3.05, 3.63) is 48.3 Å². The van der Waals surface area contributed by atoms with Gasteiger partial charge in [-0.05, 0) is 25.1 Å². The van der Waals surface area contributed by atoms with E-state index in [1.54, 1.807) is 32.4 Å². The summed E-state index contributed by atoms with van der Waals surface area (Å²) in [5, 5.41) is 4.03. The number of hydrogen-bond acceptors (Lipinski definition) is 6. The topological polar surface area (TPSA) is 73.3 Å². The Kier molecular flexibility index (Phi) is 4.29. The van der Waals surface area contributed by atoms with Crippen molar-refractivity contribution < 1.29 is 14.3 Å². The molecule has 24 heavy (non-hydrogen) atoms. The molecular formula is C18H17N3O3. The Morgan fingerprint density at radius 2 is 1.79 bits per heavy atom. The van der Waals surface area contributed by atoms with E-state index in [9.17, 15) is 4.79 Å². The van der Waals surface area contributed by atoms with E-state index in [-0.39, 0.29) is 5.78 Å². The van der Waals surface area contributed by atoms with Crippen molar-refractivity contribution in [3.8, 4) is 11.5 Å². The van der Waals surface area contributed by atoms with E-state index in [1.165, 1.54) is 13.3 Å². The lowest BCUT2D eigenvalue weighted by Crippen LogP contribution is -1.99. The highest BCUT2D eigenvalue weighted by Gasteiger charge is 2.11. The second kappa shape index (κ2) is 6.54. The molecule has 0 atom stereocenters. The first-order valence-corrected chi connectivity index (χ1v) is 7.37. The number of ketones is 1. The van der Waals surface area contributed by atoms with Crippen LogP contribution in [0.3, 0.4) is 0 Å². The Balaban J connectivity index is 2.06. The standard InChI is InChI=1S/C18H17N3O3/c1-11(22)12-5-4-6-13(7-12)21-18-14-8-16(23-2)17(24-3)9-15(14)19-10-20-18/h4-10H,1-3H3,(H,19,20,21). The summed E-state index contributed by atoms with van der Waals surface area (Å²) >= 11 is 0. The number of rotatable bonds is 5. The van der Waals surface area contributed by atoms with Crippen molar-refractivity contribution in [2.75, 3.05) is 19.5 Å². The number of ether oxygens (including phenoxy) is 2. The first-order valence-electron chi connectivity index (χ1n) is 7.37. The van der Waals surface area contributed by atoms with Gasteiger partial charge in [0, 0.05) is 22.7 Å². The molecule has 0 aliphatic rings. The number of anilines is 2. The Morgan fingerprint density at radius 1 is 1.04 bits per heavy atom. The minimum Gasteiger partial charge on any atom is -0.493 e. The van der Waals surface area contributed by atoms with E-state index in [0.29, 0.717) is 22.9 Å². The van der Waals surface area contributed by atoms with Gasteiger partial charge < -0.3 is 14.8 Å². The monoisotopic (exact) mass is 323 g/mol. The summed E-state index contributed by atoms with van der Waals surface area (Å²) in [6.45, 7) is 1.54. The number of nitrogens with zero attached hydrogens (tertiary/aromatic N) is 2. The highest BCUT2D eigenvalue weighted by Crippen LogP contribution is 2.34. The lowest BCUT2D eigenvalue weighted by Gasteiger charge is -2.12. The van der Waals surface area contributed by atoms with Crippen LogP contribution in [0.2, 0.25) is 0 Å². The molecule has 1 aromatic heterocycles. The zero-order chi connectivity index (χ0) is 17.1. The fourth-order valence-corrected chi connectivity index (χ4v) is 2.44. The fourth-order valence-electron chi connectivity index (χ4n) is 2.44. The third-order valence-electron chi connectivity index (χ3n) is 3.67. The minimum atomic E-state index is 0.0117. The van der Waals surface area contributed by atoms with Gasteiger partial charge in [-0.1, -0.05) is 12.1 Å². The molecule has 6 heteroatoms. The molecule has 0 saturated carbocycles. The SMILES string of the molecule is COc1cc2ncnc(Nc3cccc(C(C)=O)c3)c2cc1OC. The number of hydrogen-bond donors (Lipinski definition) is 1. The molecule has 2 aromatic carbocycles. The van der Waals surface area contributed by atoms with E-state index >= 15 is 0 Å². The van der Waals surface area contributed by atoms with Gasteiger partial charge in [-0.2, -0.15) is 0 Å². The van der Waals surface area contributed by atoms with Crippen molar-refractivity contribution >= 4 is 28.2 Å². The quantitative estimate of drug-likeness (QED) is 0.723. The van der Waals surface area contributed by atoms with Crippen LogP contribution in [-0.2, 0) is 0 Å². The summed E-state index contributed by atoms with van der Waals surface area (Å²) in [6.07, 6.45) is 1.48. The minimum absolute atomic E-state index is 0.0117. The molecule has 3 aromatic rings. The normalized spacial score (nSPS) is 10.5. The molecule has 122 valence electrons. The average Bonchev–Trinajstić information content (AvgIpc) is 2.61. The number of methoxy groups -OCH3 is 2. The van der Waals surface area contributed by atoms with Gasteiger partial charge in [0.05, 0.1) is 19.7 Å². The average molecular weight is 323 g/mol. The zero-order valence-corrected chi connectivity index (χ0v) is 13.7. The van der Waals surface area contributed by atoms with Crippen LogP contribution in [0.25, 0.3) is 10.9 Å². The third-order valence-corrected chi connectivity index (χ3v) is 3.67. The molecule has 0 saturated heterocycles. The summed E-state index contributed by atoms with van der Waals surface area (Å²) in [7, 11) is 3.16. The van der Waals surface area contributed by atoms with Crippen LogP contribution in [0, 0.1) is 0 Å². The first kappa shape index (κ1) is 15.7. The number of Topliss-reactive ketones (excluding diaryl/α,β-unsaturated/α-hetero) is 1. The highest BCUT2D eigenvalue weighted by molar-refractivity contribution is 5.96. The molecule has 1 N–H and O–H groups in total. The number of benzene rings is 2. The van der Waals surface area contributed by atoms with Gasteiger partial charge in [-0.15, -0.1) is 0 Å². The smallest absolute Gasteiger partial charge is 0.162 e. The Labute approximate surface area is 139 Å². The molecule has 1 heterocycles. The maximum atomic E-state index is 11.5. The number of aromatic nitrogens is 2. The van der Waals surface area contributed by atoms with E-state index in [0.717, 1.165) is 16.6 Å². The van der Waals surface area contributed by atoms with E-state index in [2.05, 4.69) is 15.3 Å². The molecule has 0 fully saturated rings. The van der Waals surface area contributed by atoms with Crippen LogP contribution in [0.1, 0.15) is 17.3 Å². The molecule has 0 aliphatic heterocycles. The fraction of sp³-hybridized carbons (Fsp3) is 0.167. The Bertz CT molecular complexity index is 909. The predicted molar refractivity (Wildman–Crippen MR) is 92.4 cm³/mol. The van der Waals surface area contributed by atoms with Crippen molar-refractivity contribution in [1.82, 2.24) is 9.97 Å². The molecule has 0 amide bonds. The van der Waals surface area contributed by atoms with Gasteiger partial charge in [0.2, 0.25) is 0 Å². The van der Waals surface area contributed by atoms with Crippen LogP contribution in [-0.4, -0.2) is 30.0 Å². The molecule has 0 aliphatic carbocycles. The van der Waals surface area contributed by atoms with E-state index in [4.69, 9.17) is 9.47 Å². The van der Waals surface area contributed by atoms with Crippen LogP contribution in [0.4, 0.5) is 11.5 Å². The Morgan fingerprint density at radius 3 is 2.50 bits per heavy atom. The van der Waals surface area contributed by atoms with Crippen molar-refractivity contribution in [2.24, 2.45) is 0 Å². The lowest BCUT2D eigenvalue weighted by atomic mass is 10.1. The van der Waals surface area contributed by atoms with Gasteiger partial charge in [0.1, 0.15) is 12.1 Å². The third kappa shape index (κ3) is 2.99. The molecule has 6 nitrogen and oxygen atoms in total. The predicted octanol–water partition coefficient (Wildman–Crippen LogP) is 3.59. The first-order chi connectivity index (χ1) is 11.6. The number of nitrogens with one attached hydrogen (secondary N) is 1. The van der Waals surface area contributed by atoms with E-state index in [1.807, 2.05) is 18.2 Å². The Hall–Kier alpha value is -3.15. The number of carbonyl (C=O) groups excluding carboxylic acids is 1. The molecule has 0 spiro atoms. The van der Waals surface area contributed by atoms with Gasteiger partial charge in [0.25, 0.3) is 0 Å². The van der Waals surface area contributed by atoms with Crippen LogP contribution in [0.5, 0.6) is 11.5 Å². The summed E-state index contributed by atoms with van der Waals surface area (Å²) in [4.78, 5) is 20.1. The van der Waals surface area contributed by atoms with Gasteiger partial charge >= 0.3 is 0 Å². The molecule has 3 rings (SSSR count). The second-order valence-corrected chi connectivity index (χ2v) is 5.21. The maximum absolute atomic E-state index is 11.5. The summed E-state index contributed by atoms with van der Waals surface area (Å²) in [5.74, 6) is 1.84. The van der Waals surface area contributed by atoms with Crippen molar-refractivity contribution in [1.29, 1.82) is 0 Å². The molecule has 0 bridgehead atoms. The summed E-state index contributed by atoms with van der Waals surface area (Å²) in [5.41, 5.74) is 2.14. The number of carbonyl (C=O) groups is 1. The second-order valence-electron chi connectivity index (χ2n) is 5.21. The van der Waals surface area contributed by atoms with E-state index < -0.39 is 0 Å². The van der Waals surface area contributed by atoms with Crippen LogP contribution < -0.4 is 14.8 Å². The van der Waals surface area contributed by atoms with Crippen LogP contribution in [0.15, 0.2) is 42.7 Å². The van der Waals surface area contributed by atoms with Crippen molar-refractivity contribution in [2.45, 2.75) is 6.92 Å². The van der Waals surface area contributed by atoms with Gasteiger partial charge in [0.15, 0.2) is 17.3 Å². The zero-order valence-electron chi connectivity index (χ0n) is 13.7. The van der Waals surface area contributed by atoms with Crippen molar-refractivity contribution in [3.63, 3.8) is 0 Å². The lowest BCUT2D eigenvalue weighted by molar-refractivity contribution is 0.101. The molecule has 0 unspecified atom stereocenters.